The molecule has 0 spiro atoms. The maximum atomic E-state index is 13.0. The number of rotatable bonds is 7. The Morgan fingerprint density at radius 1 is 0.848 bits per heavy atom. The molecule has 7 heteroatoms. The van der Waals surface area contributed by atoms with Gasteiger partial charge in [-0.25, -0.2) is 12.7 Å². The van der Waals surface area contributed by atoms with Crippen molar-refractivity contribution in [2.75, 3.05) is 45.8 Å². The summed E-state index contributed by atoms with van der Waals surface area (Å²) >= 11 is 0. The minimum Gasteiger partial charge on any atom is -0.340 e. The number of amides is 1. The van der Waals surface area contributed by atoms with Gasteiger partial charge in [0.1, 0.15) is 0 Å². The molecule has 6 nitrogen and oxygen atoms in total. The predicted molar refractivity (Wildman–Crippen MR) is 132 cm³/mol. The van der Waals surface area contributed by atoms with Gasteiger partial charge in [-0.2, -0.15) is 0 Å². The Morgan fingerprint density at radius 2 is 1.45 bits per heavy atom. The molecule has 2 aliphatic heterocycles. The van der Waals surface area contributed by atoms with Gasteiger partial charge in [0.2, 0.25) is 15.9 Å². The standard InChI is InChI=1S/C26H33N3O3S/c30-26(28-20-18-27(19-21-28)15-7-12-23-8-3-1-4-9-23)25-13-16-29(17-14-25)33(31,32)22-24-10-5-2-6-11-24/h1-12,25H,13-22H2/b12-7+. The summed E-state index contributed by atoms with van der Waals surface area (Å²) in [4.78, 5) is 17.4. The van der Waals surface area contributed by atoms with E-state index in [1.54, 1.807) is 4.31 Å². The molecule has 2 aromatic carbocycles. The molecule has 176 valence electrons. The maximum absolute atomic E-state index is 13.0. The third-order valence-electron chi connectivity index (χ3n) is 6.55. The highest BCUT2D eigenvalue weighted by molar-refractivity contribution is 7.88. The van der Waals surface area contributed by atoms with Gasteiger partial charge in [0.05, 0.1) is 5.75 Å². The number of hydrogen-bond acceptors (Lipinski definition) is 4. The van der Waals surface area contributed by atoms with Gasteiger partial charge in [-0.3, -0.25) is 9.69 Å². The van der Waals surface area contributed by atoms with Gasteiger partial charge >= 0.3 is 0 Å². The summed E-state index contributed by atoms with van der Waals surface area (Å²) in [6.07, 6.45) is 5.52. The Morgan fingerprint density at radius 3 is 2.09 bits per heavy atom. The zero-order valence-corrected chi connectivity index (χ0v) is 19.9. The van der Waals surface area contributed by atoms with E-state index in [9.17, 15) is 13.2 Å². The van der Waals surface area contributed by atoms with Crippen LogP contribution < -0.4 is 0 Å². The molecule has 0 N–H and O–H groups in total. The first-order valence-electron chi connectivity index (χ1n) is 11.8. The highest BCUT2D eigenvalue weighted by atomic mass is 32.2. The van der Waals surface area contributed by atoms with Crippen molar-refractivity contribution in [3.8, 4) is 0 Å². The molecule has 0 unspecified atom stereocenters. The molecule has 4 rings (SSSR count). The number of nitrogens with zero attached hydrogens (tertiary/aromatic N) is 3. The fraction of sp³-hybridized carbons (Fsp3) is 0.423. The van der Waals surface area contributed by atoms with Gasteiger partial charge in [0.15, 0.2) is 0 Å². The molecule has 0 saturated carbocycles. The number of carbonyl (C=O) groups is 1. The summed E-state index contributed by atoms with van der Waals surface area (Å²) in [5.41, 5.74) is 2.00. The van der Waals surface area contributed by atoms with Crippen molar-refractivity contribution >= 4 is 22.0 Å². The molecule has 2 aliphatic rings. The van der Waals surface area contributed by atoms with E-state index < -0.39 is 10.0 Å². The third kappa shape index (κ3) is 6.53. The van der Waals surface area contributed by atoms with E-state index in [2.05, 4.69) is 29.2 Å². The summed E-state index contributed by atoms with van der Waals surface area (Å²) in [6.45, 7) is 4.96. The SMILES string of the molecule is O=C(C1CCN(S(=O)(=O)Cc2ccccc2)CC1)N1CCN(C/C=C/c2ccccc2)CC1. The van der Waals surface area contributed by atoms with Crippen LogP contribution in [0, 0.1) is 5.92 Å². The van der Waals surface area contributed by atoms with Crippen molar-refractivity contribution in [3.63, 3.8) is 0 Å². The van der Waals surface area contributed by atoms with Crippen LogP contribution in [-0.4, -0.2) is 74.2 Å². The van der Waals surface area contributed by atoms with Crippen LogP contribution in [0.25, 0.3) is 6.08 Å². The van der Waals surface area contributed by atoms with Crippen LogP contribution in [0.4, 0.5) is 0 Å². The molecule has 2 aromatic rings. The van der Waals surface area contributed by atoms with E-state index in [4.69, 9.17) is 0 Å². The first kappa shape index (κ1) is 23.7. The minimum absolute atomic E-state index is 0.0210. The van der Waals surface area contributed by atoms with Crippen LogP contribution in [0.2, 0.25) is 0 Å². The molecule has 0 aromatic heterocycles. The number of carbonyl (C=O) groups excluding carboxylic acids is 1. The minimum atomic E-state index is -3.35. The summed E-state index contributed by atoms with van der Waals surface area (Å²) < 4.78 is 27.1. The zero-order valence-electron chi connectivity index (χ0n) is 19.1. The van der Waals surface area contributed by atoms with Crippen molar-refractivity contribution in [1.82, 2.24) is 14.1 Å². The predicted octanol–water partition coefficient (Wildman–Crippen LogP) is 3.09. The number of piperazine rings is 1. The van der Waals surface area contributed by atoms with E-state index >= 15 is 0 Å². The number of hydrogen-bond donors (Lipinski definition) is 0. The van der Waals surface area contributed by atoms with Crippen molar-refractivity contribution in [2.24, 2.45) is 5.92 Å². The first-order chi connectivity index (χ1) is 16.0. The fourth-order valence-corrected chi connectivity index (χ4v) is 6.13. The topological polar surface area (TPSA) is 60.9 Å². The van der Waals surface area contributed by atoms with E-state index in [0.717, 1.165) is 38.3 Å². The smallest absolute Gasteiger partial charge is 0.225 e. The Hall–Kier alpha value is -2.48. The molecular formula is C26H33N3O3S. The molecule has 2 heterocycles. The molecule has 2 fully saturated rings. The fourth-order valence-electron chi connectivity index (χ4n) is 4.57. The molecular weight excluding hydrogens is 434 g/mol. The number of sulfonamides is 1. The van der Waals surface area contributed by atoms with Crippen molar-refractivity contribution in [2.45, 2.75) is 18.6 Å². The second-order valence-electron chi connectivity index (χ2n) is 8.85. The summed E-state index contributed by atoms with van der Waals surface area (Å²) in [7, 11) is -3.35. The van der Waals surface area contributed by atoms with Crippen LogP contribution in [0.15, 0.2) is 66.7 Å². The Labute approximate surface area is 197 Å². The van der Waals surface area contributed by atoms with Gasteiger partial charge in [0.25, 0.3) is 0 Å². The quantitative estimate of drug-likeness (QED) is 0.628. The molecule has 0 aliphatic carbocycles. The van der Waals surface area contributed by atoms with Crippen LogP contribution in [0.5, 0.6) is 0 Å². The largest absolute Gasteiger partial charge is 0.340 e. The highest BCUT2D eigenvalue weighted by Crippen LogP contribution is 2.24. The normalized spacial score (nSPS) is 19.2. The molecule has 1 amide bonds. The van der Waals surface area contributed by atoms with E-state index in [0.29, 0.717) is 25.9 Å². The molecule has 0 radical (unpaired) electrons. The van der Waals surface area contributed by atoms with Crippen molar-refractivity contribution in [3.05, 3.63) is 77.9 Å². The lowest BCUT2D eigenvalue weighted by atomic mass is 9.96. The third-order valence-corrected chi connectivity index (χ3v) is 8.40. The highest BCUT2D eigenvalue weighted by Gasteiger charge is 2.33. The second kappa shape index (κ2) is 11.1. The summed E-state index contributed by atoms with van der Waals surface area (Å²) in [5, 5.41) is 0. The Bertz CT molecular complexity index is 1020. The van der Waals surface area contributed by atoms with E-state index in [-0.39, 0.29) is 17.6 Å². The van der Waals surface area contributed by atoms with Crippen molar-refractivity contribution < 1.29 is 13.2 Å². The molecule has 2 saturated heterocycles. The average Bonchev–Trinajstić information content (AvgIpc) is 2.85. The molecule has 33 heavy (non-hydrogen) atoms. The van der Waals surface area contributed by atoms with Crippen molar-refractivity contribution in [1.29, 1.82) is 0 Å². The Kier molecular flexibility index (Phi) is 7.96. The number of piperidine rings is 1. The molecule has 0 bridgehead atoms. The summed E-state index contributed by atoms with van der Waals surface area (Å²) in [5.74, 6) is 0.139. The van der Waals surface area contributed by atoms with Crippen LogP contribution in [-0.2, 0) is 20.6 Å². The van der Waals surface area contributed by atoms with E-state index in [1.165, 1.54) is 5.56 Å². The van der Waals surface area contributed by atoms with E-state index in [1.807, 2.05) is 53.4 Å². The maximum Gasteiger partial charge on any atom is 0.225 e. The van der Waals surface area contributed by atoms with Gasteiger partial charge in [-0.15, -0.1) is 0 Å². The Balaban J connectivity index is 1.20. The summed E-state index contributed by atoms with van der Waals surface area (Å²) in [6, 6.07) is 19.5. The first-order valence-corrected chi connectivity index (χ1v) is 13.4. The lowest BCUT2D eigenvalue weighted by Crippen LogP contribution is -2.51. The lowest BCUT2D eigenvalue weighted by Gasteiger charge is -2.38. The lowest BCUT2D eigenvalue weighted by molar-refractivity contribution is -0.138. The van der Waals surface area contributed by atoms with Crippen LogP contribution in [0.3, 0.4) is 0 Å². The van der Waals surface area contributed by atoms with Crippen LogP contribution in [0.1, 0.15) is 24.0 Å². The van der Waals surface area contributed by atoms with Gasteiger partial charge in [0, 0.05) is 51.7 Å². The zero-order chi connectivity index (χ0) is 23.1. The molecule has 0 atom stereocenters. The average molecular weight is 468 g/mol. The second-order valence-corrected chi connectivity index (χ2v) is 10.8. The monoisotopic (exact) mass is 467 g/mol. The van der Waals surface area contributed by atoms with Gasteiger partial charge in [-0.1, -0.05) is 72.8 Å². The van der Waals surface area contributed by atoms with Gasteiger partial charge < -0.3 is 4.90 Å². The van der Waals surface area contributed by atoms with Gasteiger partial charge in [-0.05, 0) is 24.0 Å². The number of benzene rings is 2. The van der Waals surface area contributed by atoms with Crippen LogP contribution >= 0.6 is 0 Å².